The first kappa shape index (κ1) is 18.6. The maximum absolute atomic E-state index is 12.1. The number of hydrogen-bond donors (Lipinski definition) is 1. The molecule has 6 nitrogen and oxygen atoms in total. The summed E-state index contributed by atoms with van der Waals surface area (Å²) in [6, 6.07) is 7.23. The predicted octanol–water partition coefficient (Wildman–Crippen LogP) is 3.47. The van der Waals surface area contributed by atoms with E-state index in [9.17, 15) is 9.59 Å². The second-order valence-electron chi connectivity index (χ2n) is 5.57. The van der Waals surface area contributed by atoms with E-state index in [2.05, 4.69) is 4.98 Å². The van der Waals surface area contributed by atoms with E-state index < -0.39 is 5.97 Å². The van der Waals surface area contributed by atoms with Crippen LogP contribution in [0.5, 0.6) is 11.5 Å². The lowest BCUT2D eigenvalue weighted by atomic mass is 10.1. The summed E-state index contributed by atoms with van der Waals surface area (Å²) in [6.07, 6.45) is 0. The van der Waals surface area contributed by atoms with Gasteiger partial charge in [0.25, 0.3) is 0 Å². The second-order valence-corrected chi connectivity index (χ2v) is 5.57. The number of carbonyl (C=O) groups is 2. The summed E-state index contributed by atoms with van der Waals surface area (Å²) in [5.74, 6) is 0.873. The number of hydrogen-bond acceptors (Lipinski definition) is 5. The molecule has 0 aliphatic carbocycles. The average Bonchev–Trinajstić information content (AvgIpc) is 2.88. The highest BCUT2D eigenvalue weighted by Crippen LogP contribution is 2.19. The van der Waals surface area contributed by atoms with Crippen molar-refractivity contribution < 1.29 is 23.8 Å². The van der Waals surface area contributed by atoms with Crippen LogP contribution >= 0.6 is 0 Å². The Morgan fingerprint density at radius 1 is 1.00 bits per heavy atom. The zero-order valence-electron chi connectivity index (χ0n) is 15.0. The minimum Gasteiger partial charge on any atom is -0.494 e. The van der Waals surface area contributed by atoms with Crippen LogP contribution in [0, 0.1) is 13.8 Å². The summed E-state index contributed by atoms with van der Waals surface area (Å²) in [4.78, 5) is 26.7. The third kappa shape index (κ3) is 4.62. The van der Waals surface area contributed by atoms with Crippen LogP contribution in [0.2, 0.25) is 0 Å². The van der Waals surface area contributed by atoms with Gasteiger partial charge in [-0.1, -0.05) is 0 Å². The lowest BCUT2D eigenvalue weighted by Crippen LogP contribution is -2.13. The van der Waals surface area contributed by atoms with Gasteiger partial charge in [-0.05, 0) is 57.5 Å². The molecule has 1 heterocycles. The number of esters is 1. The van der Waals surface area contributed by atoms with Gasteiger partial charge in [0, 0.05) is 11.3 Å². The van der Waals surface area contributed by atoms with Gasteiger partial charge in [-0.15, -0.1) is 0 Å². The fourth-order valence-corrected chi connectivity index (χ4v) is 2.65. The number of aryl methyl sites for hydroxylation is 1. The van der Waals surface area contributed by atoms with E-state index in [0.717, 1.165) is 5.75 Å². The van der Waals surface area contributed by atoms with Crippen molar-refractivity contribution in [1.29, 1.82) is 0 Å². The van der Waals surface area contributed by atoms with Crippen molar-refractivity contribution in [3.05, 3.63) is 46.8 Å². The van der Waals surface area contributed by atoms with Gasteiger partial charge < -0.3 is 19.2 Å². The summed E-state index contributed by atoms with van der Waals surface area (Å²) < 4.78 is 16.1. The molecule has 0 aliphatic rings. The van der Waals surface area contributed by atoms with Crippen LogP contribution < -0.4 is 9.47 Å². The minimum absolute atomic E-state index is 0.0795. The molecule has 2 aromatic rings. The first-order valence-corrected chi connectivity index (χ1v) is 8.17. The molecule has 25 heavy (non-hydrogen) atoms. The number of Topliss-reactive ketones (excluding diaryl/α,β-unsaturated/α-hetero) is 1. The maximum Gasteiger partial charge on any atom is 0.355 e. The zero-order chi connectivity index (χ0) is 18.4. The van der Waals surface area contributed by atoms with Gasteiger partial charge in [0.05, 0.1) is 6.61 Å². The smallest absolute Gasteiger partial charge is 0.355 e. The fraction of sp³-hybridized carbons (Fsp3) is 0.368. The molecule has 0 aliphatic heterocycles. The molecule has 134 valence electrons. The quantitative estimate of drug-likeness (QED) is 0.450. The number of aromatic nitrogens is 1. The molecule has 1 N–H and O–H groups in total. The minimum atomic E-state index is -0.497. The lowest BCUT2D eigenvalue weighted by molar-refractivity contribution is 0.0443. The van der Waals surface area contributed by atoms with Crippen LogP contribution in [0.25, 0.3) is 0 Å². The molecular formula is C19H23NO5. The third-order valence-corrected chi connectivity index (χ3v) is 3.71. The summed E-state index contributed by atoms with van der Waals surface area (Å²) in [5.41, 5.74) is 2.13. The second kappa shape index (κ2) is 8.37. The van der Waals surface area contributed by atoms with Crippen molar-refractivity contribution in [1.82, 2.24) is 4.98 Å². The Kier molecular flexibility index (Phi) is 6.22. The van der Waals surface area contributed by atoms with Gasteiger partial charge in [-0.2, -0.15) is 0 Å². The van der Waals surface area contributed by atoms with E-state index in [1.165, 1.54) is 6.92 Å². The molecule has 2 rings (SSSR count). The normalized spacial score (nSPS) is 10.4. The zero-order valence-corrected chi connectivity index (χ0v) is 15.0. The standard InChI is InChI=1S/C19H23NO5/c1-5-23-15-6-8-16(9-7-15)24-10-11-25-19(22)18-12(2)17(14(4)21)13(3)20-18/h6-9,20H,5,10-11H2,1-4H3. The number of benzene rings is 1. The molecule has 0 unspecified atom stereocenters. The number of carbonyl (C=O) groups excluding carboxylic acids is 2. The number of rotatable bonds is 8. The van der Waals surface area contributed by atoms with Crippen LogP contribution in [0.1, 0.15) is 46.0 Å². The fourth-order valence-electron chi connectivity index (χ4n) is 2.65. The number of H-pyrrole nitrogens is 1. The molecule has 0 bridgehead atoms. The van der Waals surface area contributed by atoms with Crippen LogP contribution in [-0.2, 0) is 4.74 Å². The van der Waals surface area contributed by atoms with E-state index in [1.54, 1.807) is 26.0 Å². The largest absolute Gasteiger partial charge is 0.494 e. The molecule has 1 aromatic carbocycles. The number of ether oxygens (including phenoxy) is 3. The summed E-state index contributed by atoms with van der Waals surface area (Å²) in [7, 11) is 0. The van der Waals surface area contributed by atoms with Crippen molar-refractivity contribution >= 4 is 11.8 Å². The van der Waals surface area contributed by atoms with Gasteiger partial charge in [-0.3, -0.25) is 4.79 Å². The average molecular weight is 345 g/mol. The summed E-state index contributed by atoms with van der Waals surface area (Å²) in [6.45, 7) is 7.84. The Morgan fingerprint density at radius 3 is 2.12 bits per heavy atom. The molecule has 0 saturated heterocycles. The lowest BCUT2D eigenvalue weighted by Gasteiger charge is -2.08. The third-order valence-electron chi connectivity index (χ3n) is 3.71. The number of ketones is 1. The SMILES string of the molecule is CCOc1ccc(OCCOC(=O)c2[nH]c(C)c(C(C)=O)c2C)cc1. The number of nitrogens with one attached hydrogen (secondary N) is 1. The Bertz CT molecular complexity index is 746. The van der Waals surface area contributed by atoms with Crippen LogP contribution in [0.4, 0.5) is 0 Å². The molecule has 6 heteroatoms. The predicted molar refractivity (Wildman–Crippen MR) is 93.7 cm³/mol. The molecular weight excluding hydrogens is 322 g/mol. The Labute approximate surface area is 147 Å². The highest BCUT2D eigenvalue weighted by Gasteiger charge is 2.20. The molecule has 0 amide bonds. The van der Waals surface area contributed by atoms with Gasteiger partial charge in [0.2, 0.25) is 0 Å². The maximum atomic E-state index is 12.1. The topological polar surface area (TPSA) is 77.6 Å². The van der Waals surface area contributed by atoms with E-state index in [-0.39, 0.29) is 19.0 Å². The van der Waals surface area contributed by atoms with Crippen LogP contribution in [0.15, 0.2) is 24.3 Å². The molecule has 0 atom stereocenters. The molecule has 0 spiro atoms. The van der Waals surface area contributed by atoms with E-state index in [0.29, 0.717) is 34.9 Å². The van der Waals surface area contributed by atoms with Crippen molar-refractivity contribution in [2.45, 2.75) is 27.7 Å². The molecule has 0 fully saturated rings. The number of aromatic amines is 1. The monoisotopic (exact) mass is 345 g/mol. The molecule has 1 aromatic heterocycles. The van der Waals surface area contributed by atoms with Gasteiger partial charge in [-0.25, -0.2) is 4.79 Å². The highest BCUT2D eigenvalue weighted by atomic mass is 16.6. The van der Waals surface area contributed by atoms with Crippen molar-refractivity contribution in [2.75, 3.05) is 19.8 Å². The van der Waals surface area contributed by atoms with Gasteiger partial charge in [0.15, 0.2) is 5.78 Å². The molecule has 0 saturated carbocycles. The molecule has 0 radical (unpaired) electrons. The Morgan fingerprint density at radius 2 is 1.60 bits per heavy atom. The van der Waals surface area contributed by atoms with Crippen molar-refractivity contribution in [2.24, 2.45) is 0 Å². The first-order valence-electron chi connectivity index (χ1n) is 8.17. The summed E-state index contributed by atoms with van der Waals surface area (Å²) in [5, 5.41) is 0. The Hall–Kier alpha value is -2.76. The van der Waals surface area contributed by atoms with E-state index >= 15 is 0 Å². The van der Waals surface area contributed by atoms with Crippen molar-refractivity contribution in [3.8, 4) is 11.5 Å². The van der Waals surface area contributed by atoms with Crippen LogP contribution in [0.3, 0.4) is 0 Å². The van der Waals surface area contributed by atoms with Crippen LogP contribution in [-0.4, -0.2) is 36.6 Å². The Balaban J connectivity index is 1.84. The summed E-state index contributed by atoms with van der Waals surface area (Å²) >= 11 is 0. The first-order chi connectivity index (χ1) is 11.9. The van der Waals surface area contributed by atoms with Crippen molar-refractivity contribution in [3.63, 3.8) is 0 Å². The highest BCUT2D eigenvalue weighted by molar-refractivity contribution is 6.01. The van der Waals surface area contributed by atoms with Gasteiger partial charge in [0.1, 0.15) is 30.4 Å². The van der Waals surface area contributed by atoms with Gasteiger partial charge >= 0.3 is 5.97 Å². The van der Waals surface area contributed by atoms with E-state index in [1.807, 2.05) is 19.1 Å². The van der Waals surface area contributed by atoms with E-state index in [4.69, 9.17) is 14.2 Å².